The van der Waals surface area contributed by atoms with E-state index in [2.05, 4.69) is 11.9 Å². The van der Waals surface area contributed by atoms with Gasteiger partial charge in [-0.1, -0.05) is 12.7 Å². The lowest BCUT2D eigenvalue weighted by atomic mass is 10.2. The highest BCUT2D eigenvalue weighted by molar-refractivity contribution is 5.91. The average molecular weight is 355 g/mol. The van der Waals surface area contributed by atoms with Crippen LogP contribution in [0, 0.1) is 0 Å². The number of carbonyl (C=O) groups is 1. The van der Waals surface area contributed by atoms with E-state index in [1.54, 1.807) is 6.08 Å². The molecule has 0 fully saturated rings. The van der Waals surface area contributed by atoms with Gasteiger partial charge in [0.05, 0.1) is 13.7 Å². The van der Waals surface area contributed by atoms with Gasteiger partial charge in [0.1, 0.15) is 24.7 Å². The number of amides is 1. The number of ether oxygens (including phenoxy) is 2. The lowest BCUT2D eigenvalue weighted by molar-refractivity contribution is -0.885. The fourth-order valence-electron chi connectivity index (χ4n) is 2.55. The van der Waals surface area contributed by atoms with E-state index in [9.17, 15) is 4.79 Å². The fourth-order valence-corrected chi connectivity index (χ4v) is 2.55. The molecule has 0 saturated heterocycles. The normalized spacial score (nSPS) is 11.5. The van der Waals surface area contributed by atoms with E-state index in [1.165, 1.54) is 0 Å². The molecule has 0 aromatic heterocycles. The summed E-state index contributed by atoms with van der Waals surface area (Å²) in [5, 5.41) is 2.92. The Morgan fingerprint density at radius 3 is 2.31 bits per heavy atom. The first-order chi connectivity index (χ1) is 12.6. The third-order valence-corrected chi connectivity index (χ3v) is 3.71. The van der Waals surface area contributed by atoms with E-state index in [1.807, 2.05) is 62.5 Å². The number of nitrogens with one attached hydrogen (secondary N) is 2. The molecule has 26 heavy (non-hydrogen) atoms. The zero-order chi connectivity index (χ0) is 18.8. The minimum absolute atomic E-state index is 0.0161. The second-order valence-electron chi connectivity index (χ2n) is 6.06. The Bertz CT molecular complexity index is 696. The SMILES string of the molecule is C=CCOc1ccc(C[NH+](C)CC(=O)Nc2ccc(OCC)cc2)cc1. The van der Waals surface area contributed by atoms with Crippen molar-refractivity contribution in [3.05, 3.63) is 66.7 Å². The molecule has 0 bridgehead atoms. The molecule has 0 spiro atoms. The van der Waals surface area contributed by atoms with Crippen LogP contribution in [0.2, 0.25) is 0 Å². The lowest BCUT2D eigenvalue weighted by Crippen LogP contribution is -3.08. The summed E-state index contributed by atoms with van der Waals surface area (Å²) in [7, 11) is 2.00. The minimum Gasteiger partial charge on any atom is -0.494 e. The molecule has 2 aromatic rings. The van der Waals surface area contributed by atoms with Crippen LogP contribution in [0.3, 0.4) is 0 Å². The van der Waals surface area contributed by atoms with Crippen molar-refractivity contribution in [2.75, 3.05) is 32.1 Å². The third-order valence-electron chi connectivity index (χ3n) is 3.71. The first-order valence-corrected chi connectivity index (χ1v) is 8.77. The average Bonchev–Trinajstić information content (AvgIpc) is 2.63. The number of likely N-dealkylation sites (N-methyl/N-ethyl adjacent to an activating group) is 1. The zero-order valence-corrected chi connectivity index (χ0v) is 15.5. The van der Waals surface area contributed by atoms with Crippen LogP contribution in [0.4, 0.5) is 5.69 Å². The predicted octanol–water partition coefficient (Wildman–Crippen LogP) is 2.30. The molecule has 1 amide bonds. The maximum Gasteiger partial charge on any atom is 0.279 e. The summed E-state index contributed by atoms with van der Waals surface area (Å²) < 4.78 is 10.9. The van der Waals surface area contributed by atoms with Crippen LogP contribution in [-0.4, -0.2) is 32.7 Å². The molecule has 1 unspecified atom stereocenters. The van der Waals surface area contributed by atoms with Gasteiger partial charge in [0.2, 0.25) is 0 Å². The number of carbonyl (C=O) groups excluding carboxylic acids is 1. The highest BCUT2D eigenvalue weighted by Gasteiger charge is 2.11. The van der Waals surface area contributed by atoms with E-state index in [0.29, 0.717) is 19.8 Å². The maximum absolute atomic E-state index is 12.2. The first-order valence-electron chi connectivity index (χ1n) is 8.77. The van der Waals surface area contributed by atoms with Crippen LogP contribution in [0.25, 0.3) is 0 Å². The smallest absolute Gasteiger partial charge is 0.279 e. The van der Waals surface area contributed by atoms with Crippen molar-refractivity contribution in [1.82, 2.24) is 0 Å². The van der Waals surface area contributed by atoms with Crippen molar-refractivity contribution in [2.24, 2.45) is 0 Å². The van der Waals surface area contributed by atoms with Gasteiger partial charge in [0.25, 0.3) is 5.91 Å². The van der Waals surface area contributed by atoms with E-state index >= 15 is 0 Å². The number of rotatable bonds is 10. The number of anilines is 1. The van der Waals surface area contributed by atoms with Crippen LogP contribution < -0.4 is 19.7 Å². The van der Waals surface area contributed by atoms with Crippen LogP contribution in [-0.2, 0) is 11.3 Å². The Balaban J connectivity index is 1.80. The fraction of sp³-hybridized carbons (Fsp3) is 0.286. The van der Waals surface area contributed by atoms with E-state index in [0.717, 1.165) is 34.2 Å². The molecule has 0 radical (unpaired) electrons. The first kappa shape index (κ1) is 19.5. The standard InChI is InChI=1S/C21H26N2O3/c1-4-14-26-20-10-6-17(7-11-20)15-23(3)16-21(24)22-18-8-12-19(13-9-18)25-5-2/h4,6-13H,1,5,14-16H2,2-3H3,(H,22,24)/p+1. The second kappa shape index (κ2) is 10.3. The Kier molecular flexibility index (Phi) is 7.71. The molecule has 5 nitrogen and oxygen atoms in total. The van der Waals surface area contributed by atoms with Gasteiger partial charge in [-0.3, -0.25) is 4.79 Å². The predicted molar refractivity (Wildman–Crippen MR) is 104 cm³/mol. The number of hydrogen-bond acceptors (Lipinski definition) is 3. The molecule has 0 aliphatic heterocycles. The topological polar surface area (TPSA) is 52.0 Å². The third kappa shape index (κ3) is 6.61. The molecule has 1 atom stereocenters. The largest absolute Gasteiger partial charge is 0.494 e. The number of quaternary nitrogens is 1. The highest BCUT2D eigenvalue weighted by Crippen LogP contribution is 2.15. The summed E-state index contributed by atoms with van der Waals surface area (Å²) >= 11 is 0. The van der Waals surface area contributed by atoms with E-state index in [4.69, 9.17) is 9.47 Å². The molecule has 0 heterocycles. The molecule has 0 saturated carbocycles. The Labute approximate surface area is 155 Å². The van der Waals surface area contributed by atoms with Crippen LogP contribution in [0.1, 0.15) is 12.5 Å². The number of hydrogen-bond donors (Lipinski definition) is 2. The zero-order valence-electron chi connectivity index (χ0n) is 15.5. The lowest BCUT2D eigenvalue weighted by Gasteiger charge is -2.14. The van der Waals surface area contributed by atoms with Gasteiger partial charge in [-0.2, -0.15) is 0 Å². The van der Waals surface area contributed by atoms with Gasteiger partial charge in [0.15, 0.2) is 6.54 Å². The molecule has 2 N–H and O–H groups in total. The molecule has 0 aliphatic rings. The van der Waals surface area contributed by atoms with Crippen molar-refractivity contribution < 1.29 is 19.2 Å². The molecule has 5 heteroatoms. The van der Waals surface area contributed by atoms with Gasteiger partial charge in [-0.15, -0.1) is 0 Å². The van der Waals surface area contributed by atoms with Crippen molar-refractivity contribution in [2.45, 2.75) is 13.5 Å². The van der Waals surface area contributed by atoms with Gasteiger partial charge >= 0.3 is 0 Å². The summed E-state index contributed by atoms with van der Waals surface area (Å²) in [6.45, 7) is 7.85. The molecular weight excluding hydrogens is 328 g/mol. The molecular formula is C21H27N2O3+. The highest BCUT2D eigenvalue weighted by atomic mass is 16.5. The summed E-state index contributed by atoms with van der Waals surface area (Å²) in [6, 6.07) is 15.3. The quantitative estimate of drug-likeness (QED) is 0.643. The van der Waals surface area contributed by atoms with Crippen LogP contribution >= 0.6 is 0 Å². The molecule has 2 rings (SSSR count). The van der Waals surface area contributed by atoms with Gasteiger partial charge < -0.3 is 19.7 Å². The molecule has 138 valence electrons. The van der Waals surface area contributed by atoms with Crippen molar-refractivity contribution in [3.63, 3.8) is 0 Å². The van der Waals surface area contributed by atoms with Crippen LogP contribution in [0.5, 0.6) is 11.5 Å². The number of benzene rings is 2. The molecule has 2 aromatic carbocycles. The second-order valence-corrected chi connectivity index (χ2v) is 6.06. The van der Waals surface area contributed by atoms with Crippen LogP contribution in [0.15, 0.2) is 61.2 Å². The van der Waals surface area contributed by atoms with Crippen molar-refractivity contribution in [1.29, 1.82) is 0 Å². The Morgan fingerprint density at radius 1 is 1.08 bits per heavy atom. The van der Waals surface area contributed by atoms with E-state index < -0.39 is 0 Å². The van der Waals surface area contributed by atoms with Gasteiger partial charge in [-0.25, -0.2) is 0 Å². The Hall–Kier alpha value is -2.79. The van der Waals surface area contributed by atoms with Crippen molar-refractivity contribution >= 4 is 11.6 Å². The summed E-state index contributed by atoms with van der Waals surface area (Å²) in [4.78, 5) is 13.3. The van der Waals surface area contributed by atoms with Gasteiger partial charge in [-0.05, 0) is 55.5 Å². The van der Waals surface area contributed by atoms with Crippen molar-refractivity contribution in [3.8, 4) is 11.5 Å². The minimum atomic E-state index is -0.0161. The monoisotopic (exact) mass is 355 g/mol. The van der Waals surface area contributed by atoms with E-state index in [-0.39, 0.29) is 5.91 Å². The summed E-state index contributed by atoms with van der Waals surface area (Å²) in [5.74, 6) is 1.60. The molecule has 0 aliphatic carbocycles. The maximum atomic E-state index is 12.2. The Morgan fingerprint density at radius 2 is 1.69 bits per heavy atom. The summed E-state index contributed by atoms with van der Waals surface area (Å²) in [6.07, 6.45) is 1.72. The summed E-state index contributed by atoms with van der Waals surface area (Å²) in [5.41, 5.74) is 1.93. The van der Waals surface area contributed by atoms with Gasteiger partial charge in [0, 0.05) is 11.3 Å².